The minimum Gasteiger partial charge on any atom is -0.310 e. The summed E-state index contributed by atoms with van der Waals surface area (Å²) < 4.78 is 15.2. The molecule has 1 saturated carbocycles. The SMILES string of the molecule is Cc1c(C#N)c(NC(=O)CN(Cc2cccs2)C2CC2)n(-c2ccc(F)cc2)c1C. The van der Waals surface area contributed by atoms with Gasteiger partial charge in [0.15, 0.2) is 0 Å². The number of hydrogen-bond acceptors (Lipinski definition) is 4. The molecule has 0 aliphatic heterocycles. The van der Waals surface area contributed by atoms with Crippen molar-refractivity contribution in [1.29, 1.82) is 5.26 Å². The molecule has 0 unspecified atom stereocenters. The maximum absolute atomic E-state index is 13.4. The summed E-state index contributed by atoms with van der Waals surface area (Å²) in [7, 11) is 0. The quantitative estimate of drug-likeness (QED) is 0.597. The number of nitrogens with zero attached hydrogens (tertiary/aromatic N) is 3. The van der Waals surface area contributed by atoms with Gasteiger partial charge in [-0.15, -0.1) is 11.3 Å². The number of hydrogen-bond donors (Lipinski definition) is 1. The van der Waals surface area contributed by atoms with Crippen molar-refractivity contribution in [1.82, 2.24) is 9.47 Å². The lowest BCUT2D eigenvalue weighted by atomic mass is 10.2. The zero-order chi connectivity index (χ0) is 21.3. The second-order valence-electron chi connectivity index (χ2n) is 7.62. The van der Waals surface area contributed by atoms with E-state index in [4.69, 9.17) is 0 Å². The Morgan fingerprint density at radius 1 is 1.30 bits per heavy atom. The summed E-state index contributed by atoms with van der Waals surface area (Å²) in [5.41, 5.74) is 2.77. The fraction of sp³-hybridized carbons (Fsp3) is 0.304. The predicted octanol–water partition coefficient (Wildman–Crippen LogP) is 4.77. The Morgan fingerprint density at radius 3 is 2.63 bits per heavy atom. The van der Waals surface area contributed by atoms with Gasteiger partial charge in [0.2, 0.25) is 5.91 Å². The predicted molar refractivity (Wildman–Crippen MR) is 116 cm³/mol. The molecule has 7 heteroatoms. The van der Waals surface area contributed by atoms with Crippen molar-refractivity contribution in [2.45, 2.75) is 39.3 Å². The highest BCUT2D eigenvalue weighted by Gasteiger charge is 2.31. The van der Waals surface area contributed by atoms with Crippen LogP contribution in [0.15, 0.2) is 41.8 Å². The lowest BCUT2D eigenvalue weighted by Crippen LogP contribution is -2.34. The molecule has 0 radical (unpaired) electrons. The third-order valence-electron chi connectivity index (χ3n) is 5.52. The van der Waals surface area contributed by atoms with E-state index in [0.29, 0.717) is 23.1 Å². The summed E-state index contributed by atoms with van der Waals surface area (Å²) in [6.45, 7) is 4.76. The number of nitrogens with one attached hydrogen (secondary N) is 1. The van der Waals surface area contributed by atoms with Crippen LogP contribution in [0.25, 0.3) is 5.69 Å². The molecule has 3 aromatic rings. The number of benzene rings is 1. The van der Waals surface area contributed by atoms with Gasteiger partial charge in [-0.05, 0) is 68.0 Å². The summed E-state index contributed by atoms with van der Waals surface area (Å²) in [6.07, 6.45) is 2.21. The van der Waals surface area contributed by atoms with Crippen molar-refractivity contribution in [2.24, 2.45) is 0 Å². The lowest BCUT2D eigenvalue weighted by molar-refractivity contribution is -0.117. The van der Waals surface area contributed by atoms with E-state index in [1.54, 1.807) is 23.5 Å². The molecule has 2 heterocycles. The summed E-state index contributed by atoms with van der Waals surface area (Å²) >= 11 is 1.69. The van der Waals surface area contributed by atoms with Crippen molar-refractivity contribution in [3.05, 3.63) is 69.3 Å². The molecule has 1 N–H and O–H groups in total. The average molecular weight is 423 g/mol. The molecule has 0 spiro atoms. The minimum atomic E-state index is -0.333. The fourth-order valence-electron chi connectivity index (χ4n) is 3.69. The second-order valence-corrected chi connectivity index (χ2v) is 8.65. The van der Waals surface area contributed by atoms with Crippen LogP contribution in [0.1, 0.15) is 34.5 Å². The fourth-order valence-corrected chi connectivity index (χ4v) is 4.42. The first-order chi connectivity index (χ1) is 14.5. The van der Waals surface area contributed by atoms with Gasteiger partial charge < -0.3 is 5.32 Å². The van der Waals surface area contributed by atoms with E-state index in [1.807, 2.05) is 29.9 Å². The topological polar surface area (TPSA) is 61.1 Å². The van der Waals surface area contributed by atoms with Gasteiger partial charge in [0, 0.05) is 28.8 Å². The standard InChI is InChI=1S/C23H23FN4OS/c1-15-16(2)28(19-7-5-17(24)6-8-19)23(21(15)12-25)26-22(29)14-27(18-9-10-18)13-20-4-3-11-30-20/h3-8,11,18H,9-10,13-14H2,1-2H3,(H,26,29). The van der Waals surface area contributed by atoms with Crippen molar-refractivity contribution in [3.8, 4) is 11.8 Å². The Morgan fingerprint density at radius 2 is 2.03 bits per heavy atom. The van der Waals surface area contributed by atoms with Crippen molar-refractivity contribution >= 4 is 23.1 Å². The summed E-state index contributed by atoms with van der Waals surface area (Å²) in [4.78, 5) is 16.4. The number of thiophene rings is 1. The number of aromatic nitrogens is 1. The van der Waals surface area contributed by atoms with Gasteiger partial charge in [-0.3, -0.25) is 14.3 Å². The molecule has 4 rings (SSSR count). The van der Waals surface area contributed by atoms with Gasteiger partial charge in [0.1, 0.15) is 17.7 Å². The molecule has 30 heavy (non-hydrogen) atoms. The summed E-state index contributed by atoms with van der Waals surface area (Å²) in [5, 5.41) is 14.7. The number of rotatable bonds is 7. The highest BCUT2D eigenvalue weighted by atomic mass is 32.1. The Bertz CT molecular complexity index is 1090. The van der Waals surface area contributed by atoms with Crippen LogP contribution in [0.2, 0.25) is 0 Å². The van der Waals surface area contributed by atoms with E-state index in [1.165, 1.54) is 17.0 Å². The Balaban J connectivity index is 1.60. The molecule has 2 aromatic heterocycles. The molecule has 0 saturated heterocycles. The maximum atomic E-state index is 13.4. The normalized spacial score (nSPS) is 13.4. The molecule has 0 atom stereocenters. The molecule has 5 nitrogen and oxygen atoms in total. The molecular formula is C23H23FN4OS. The lowest BCUT2D eigenvalue weighted by Gasteiger charge is -2.21. The summed E-state index contributed by atoms with van der Waals surface area (Å²) in [6, 6.07) is 12.8. The Kier molecular flexibility index (Phi) is 5.71. The van der Waals surface area contributed by atoms with Gasteiger partial charge in [0.25, 0.3) is 0 Å². The van der Waals surface area contributed by atoms with Crippen LogP contribution in [-0.4, -0.2) is 28.0 Å². The third kappa shape index (κ3) is 4.16. The van der Waals surface area contributed by atoms with Gasteiger partial charge >= 0.3 is 0 Å². The maximum Gasteiger partial charge on any atom is 0.239 e. The van der Waals surface area contributed by atoms with E-state index in [-0.39, 0.29) is 18.3 Å². The molecule has 1 aromatic carbocycles. The number of carbonyl (C=O) groups excluding carboxylic acids is 1. The van der Waals surface area contributed by atoms with E-state index < -0.39 is 0 Å². The van der Waals surface area contributed by atoms with Crippen LogP contribution in [0.3, 0.4) is 0 Å². The summed E-state index contributed by atoms with van der Waals surface area (Å²) in [5.74, 6) is -0.0492. The van der Waals surface area contributed by atoms with Crippen molar-refractivity contribution < 1.29 is 9.18 Å². The molecule has 1 aliphatic rings. The number of amides is 1. The van der Waals surface area contributed by atoms with Crippen molar-refractivity contribution in [3.63, 3.8) is 0 Å². The van der Waals surface area contributed by atoms with Crippen LogP contribution in [0.5, 0.6) is 0 Å². The molecular weight excluding hydrogens is 399 g/mol. The largest absolute Gasteiger partial charge is 0.310 e. The Labute approximate surface area is 179 Å². The molecule has 1 aliphatic carbocycles. The van der Waals surface area contributed by atoms with E-state index in [2.05, 4.69) is 22.4 Å². The molecule has 1 fully saturated rings. The number of nitriles is 1. The first-order valence-corrected chi connectivity index (χ1v) is 10.8. The molecule has 1 amide bonds. The van der Waals surface area contributed by atoms with Crippen LogP contribution < -0.4 is 5.32 Å². The van der Waals surface area contributed by atoms with Crippen LogP contribution in [0.4, 0.5) is 10.2 Å². The van der Waals surface area contributed by atoms with E-state index in [0.717, 1.165) is 30.6 Å². The van der Waals surface area contributed by atoms with Gasteiger partial charge in [-0.25, -0.2) is 4.39 Å². The zero-order valence-electron chi connectivity index (χ0n) is 17.0. The minimum absolute atomic E-state index is 0.157. The smallest absolute Gasteiger partial charge is 0.239 e. The van der Waals surface area contributed by atoms with Crippen molar-refractivity contribution in [2.75, 3.05) is 11.9 Å². The van der Waals surface area contributed by atoms with E-state index >= 15 is 0 Å². The molecule has 154 valence electrons. The number of anilines is 1. The highest BCUT2D eigenvalue weighted by Crippen LogP contribution is 2.31. The first-order valence-electron chi connectivity index (χ1n) is 9.92. The zero-order valence-corrected chi connectivity index (χ0v) is 17.8. The monoisotopic (exact) mass is 422 g/mol. The van der Waals surface area contributed by atoms with Gasteiger partial charge in [0.05, 0.1) is 12.1 Å². The van der Waals surface area contributed by atoms with Crippen LogP contribution in [0, 0.1) is 31.0 Å². The average Bonchev–Trinajstić information content (AvgIpc) is 3.40. The number of carbonyl (C=O) groups is 1. The second kappa shape index (κ2) is 8.42. The van der Waals surface area contributed by atoms with Crippen LogP contribution >= 0.6 is 11.3 Å². The highest BCUT2D eigenvalue weighted by molar-refractivity contribution is 7.09. The first kappa shape index (κ1) is 20.3. The Hall–Kier alpha value is -2.95. The van der Waals surface area contributed by atoms with E-state index in [9.17, 15) is 14.4 Å². The van der Waals surface area contributed by atoms with Gasteiger partial charge in [-0.1, -0.05) is 6.07 Å². The van der Waals surface area contributed by atoms with Gasteiger partial charge in [-0.2, -0.15) is 5.26 Å². The van der Waals surface area contributed by atoms with Crippen LogP contribution in [-0.2, 0) is 11.3 Å². The number of halogens is 1. The third-order valence-corrected chi connectivity index (χ3v) is 6.38. The molecule has 0 bridgehead atoms.